The Balaban J connectivity index is 1.67. The van der Waals surface area contributed by atoms with E-state index in [4.69, 9.17) is 0 Å². The van der Waals surface area contributed by atoms with Crippen molar-refractivity contribution in [1.82, 2.24) is 15.1 Å². The largest absolute Gasteiger partial charge is 0.411 e. The molecule has 0 aromatic carbocycles. The molecule has 2 atom stereocenters. The molecule has 0 aromatic rings. The number of carbonyl (C=O) groups excluding carboxylic acids is 1. The number of halogens is 3. The fourth-order valence-electron chi connectivity index (χ4n) is 3.50. The molecule has 1 N–H and O–H groups in total. The highest BCUT2D eigenvalue weighted by atomic mass is 19.4. The van der Waals surface area contributed by atoms with Gasteiger partial charge in [0.15, 0.2) is 0 Å². The van der Waals surface area contributed by atoms with E-state index in [-0.39, 0.29) is 12.6 Å². The van der Waals surface area contributed by atoms with Crippen LogP contribution >= 0.6 is 0 Å². The predicted molar refractivity (Wildman–Crippen MR) is 80.2 cm³/mol. The molecule has 2 amide bonds. The number of ether oxygens (including phenoxy) is 1. The van der Waals surface area contributed by atoms with Gasteiger partial charge in [0.1, 0.15) is 6.61 Å². The first-order valence-electron chi connectivity index (χ1n) is 8.24. The molecule has 0 spiro atoms. The molecular formula is C15H26F3N3O2. The van der Waals surface area contributed by atoms with Gasteiger partial charge in [-0.25, -0.2) is 4.79 Å². The molecule has 5 nitrogen and oxygen atoms in total. The second-order valence-corrected chi connectivity index (χ2v) is 6.47. The maximum absolute atomic E-state index is 12.3. The third-order valence-corrected chi connectivity index (χ3v) is 4.54. The average Bonchev–Trinajstić information content (AvgIpc) is 2.48. The number of piperidine rings is 2. The van der Waals surface area contributed by atoms with Crippen molar-refractivity contribution in [3.05, 3.63) is 0 Å². The van der Waals surface area contributed by atoms with E-state index < -0.39 is 12.8 Å². The van der Waals surface area contributed by atoms with Gasteiger partial charge in [-0.05, 0) is 45.2 Å². The van der Waals surface area contributed by atoms with Crippen molar-refractivity contribution in [3.8, 4) is 0 Å². The summed E-state index contributed by atoms with van der Waals surface area (Å²) >= 11 is 0. The molecule has 2 fully saturated rings. The number of likely N-dealkylation sites (tertiary alicyclic amines) is 2. The molecule has 2 aliphatic rings. The molecule has 0 bridgehead atoms. The zero-order chi connectivity index (χ0) is 16.9. The van der Waals surface area contributed by atoms with Gasteiger partial charge in [0.05, 0.1) is 0 Å². The molecule has 2 heterocycles. The Hall–Kier alpha value is -1.02. The summed E-state index contributed by atoms with van der Waals surface area (Å²) in [7, 11) is 2.11. The summed E-state index contributed by atoms with van der Waals surface area (Å²) in [5.74, 6) is 0.531. The summed E-state index contributed by atoms with van der Waals surface area (Å²) in [6, 6.07) is 0.196. The number of carbonyl (C=O) groups is 1. The zero-order valence-corrected chi connectivity index (χ0v) is 13.6. The van der Waals surface area contributed by atoms with E-state index in [0.717, 1.165) is 38.9 Å². The van der Waals surface area contributed by atoms with E-state index >= 15 is 0 Å². The first kappa shape index (κ1) is 18.3. The minimum Gasteiger partial charge on any atom is -0.372 e. The summed E-state index contributed by atoms with van der Waals surface area (Å²) in [5, 5.41) is 2.81. The van der Waals surface area contributed by atoms with Crippen molar-refractivity contribution in [2.24, 2.45) is 5.92 Å². The van der Waals surface area contributed by atoms with E-state index in [1.807, 2.05) is 4.90 Å². The fraction of sp³-hybridized carbons (Fsp3) is 0.933. The van der Waals surface area contributed by atoms with Crippen LogP contribution in [0.5, 0.6) is 0 Å². The van der Waals surface area contributed by atoms with Gasteiger partial charge in [-0.15, -0.1) is 0 Å². The second-order valence-electron chi connectivity index (χ2n) is 6.47. The second kappa shape index (κ2) is 8.19. The highest BCUT2D eigenvalue weighted by molar-refractivity contribution is 5.74. The smallest absolute Gasteiger partial charge is 0.372 e. The topological polar surface area (TPSA) is 44.8 Å². The van der Waals surface area contributed by atoms with E-state index in [1.54, 1.807) is 0 Å². The maximum atomic E-state index is 12.3. The van der Waals surface area contributed by atoms with Gasteiger partial charge in [0, 0.05) is 32.3 Å². The molecule has 2 aliphatic heterocycles. The lowest BCUT2D eigenvalue weighted by molar-refractivity contribution is -0.173. The predicted octanol–water partition coefficient (Wildman–Crippen LogP) is 2.08. The number of rotatable bonds is 5. The van der Waals surface area contributed by atoms with Gasteiger partial charge < -0.3 is 19.9 Å². The fourth-order valence-corrected chi connectivity index (χ4v) is 3.50. The summed E-state index contributed by atoms with van der Waals surface area (Å²) in [6.45, 7) is 1.89. The van der Waals surface area contributed by atoms with Gasteiger partial charge in [-0.2, -0.15) is 13.2 Å². The summed E-state index contributed by atoms with van der Waals surface area (Å²) in [4.78, 5) is 16.5. The van der Waals surface area contributed by atoms with Crippen LogP contribution in [0, 0.1) is 5.92 Å². The quantitative estimate of drug-likeness (QED) is 0.781. The van der Waals surface area contributed by atoms with E-state index in [2.05, 4.69) is 22.0 Å². The van der Waals surface area contributed by atoms with Crippen molar-refractivity contribution in [3.63, 3.8) is 0 Å². The van der Waals surface area contributed by atoms with Gasteiger partial charge in [-0.1, -0.05) is 0 Å². The first-order valence-corrected chi connectivity index (χ1v) is 8.24. The Morgan fingerprint density at radius 2 is 2.09 bits per heavy atom. The highest BCUT2D eigenvalue weighted by Gasteiger charge is 2.37. The Morgan fingerprint density at radius 1 is 1.30 bits per heavy atom. The molecule has 2 saturated heterocycles. The van der Waals surface area contributed by atoms with Crippen LogP contribution in [0.25, 0.3) is 0 Å². The van der Waals surface area contributed by atoms with Crippen molar-refractivity contribution in [1.29, 1.82) is 0 Å². The molecule has 2 rings (SSSR count). The number of urea groups is 1. The number of hydrogen-bond acceptors (Lipinski definition) is 3. The van der Waals surface area contributed by atoms with E-state index in [1.165, 1.54) is 0 Å². The minimum absolute atomic E-state index is 0.00334. The Bertz CT molecular complexity index is 393. The van der Waals surface area contributed by atoms with Gasteiger partial charge in [0.25, 0.3) is 0 Å². The Labute approximate surface area is 135 Å². The average molecular weight is 337 g/mol. The zero-order valence-electron chi connectivity index (χ0n) is 13.6. The lowest BCUT2D eigenvalue weighted by Crippen LogP contribution is -2.57. The van der Waals surface area contributed by atoms with Crippen LogP contribution in [0.4, 0.5) is 18.0 Å². The molecular weight excluding hydrogens is 311 g/mol. The lowest BCUT2D eigenvalue weighted by Gasteiger charge is -2.46. The van der Waals surface area contributed by atoms with Crippen molar-refractivity contribution < 1.29 is 22.7 Å². The van der Waals surface area contributed by atoms with Crippen LogP contribution in [-0.2, 0) is 4.74 Å². The standard InChI is InChI=1S/C15H26F3N3O2/c1-20-8-5-13-12(10-20)4-2-7-21(13)14(22)19-6-3-9-23-11-15(16,17)18/h12-13H,2-11H2,1H3,(H,19,22)/t12-,13+/m0/s1. The molecule has 0 radical (unpaired) electrons. The molecule has 134 valence electrons. The molecule has 8 heteroatoms. The van der Waals surface area contributed by atoms with E-state index in [0.29, 0.717) is 24.9 Å². The van der Waals surface area contributed by atoms with Crippen LogP contribution in [0.1, 0.15) is 25.7 Å². The van der Waals surface area contributed by atoms with Crippen molar-refractivity contribution in [2.75, 3.05) is 46.4 Å². The molecule has 0 aromatic heterocycles. The number of nitrogens with zero attached hydrogens (tertiary/aromatic N) is 2. The summed E-state index contributed by atoms with van der Waals surface area (Å²) in [6.07, 6.45) is -0.753. The van der Waals surface area contributed by atoms with E-state index in [9.17, 15) is 18.0 Å². The van der Waals surface area contributed by atoms with Crippen LogP contribution in [0.2, 0.25) is 0 Å². The molecule has 0 unspecified atom stereocenters. The monoisotopic (exact) mass is 337 g/mol. The van der Waals surface area contributed by atoms with Crippen LogP contribution in [0.3, 0.4) is 0 Å². The number of amides is 2. The molecule has 0 aliphatic carbocycles. The summed E-state index contributed by atoms with van der Waals surface area (Å²) in [5.41, 5.74) is 0. The van der Waals surface area contributed by atoms with Gasteiger partial charge in [-0.3, -0.25) is 0 Å². The first-order chi connectivity index (χ1) is 10.9. The summed E-state index contributed by atoms with van der Waals surface area (Å²) < 4.78 is 40.3. The normalized spacial score (nSPS) is 26.0. The van der Waals surface area contributed by atoms with Crippen molar-refractivity contribution in [2.45, 2.75) is 37.9 Å². The third-order valence-electron chi connectivity index (χ3n) is 4.54. The molecule has 0 saturated carbocycles. The third kappa shape index (κ3) is 5.84. The Morgan fingerprint density at radius 3 is 2.83 bits per heavy atom. The molecule has 23 heavy (non-hydrogen) atoms. The minimum atomic E-state index is -4.29. The van der Waals surface area contributed by atoms with Crippen LogP contribution in [-0.4, -0.2) is 74.5 Å². The maximum Gasteiger partial charge on any atom is 0.411 e. The number of fused-ring (bicyclic) bond motifs is 1. The Kier molecular flexibility index (Phi) is 6.52. The number of nitrogens with one attached hydrogen (secondary N) is 1. The van der Waals surface area contributed by atoms with Crippen LogP contribution < -0.4 is 5.32 Å². The van der Waals surface area contributed by atoms with Gasteiger partial charge >= 0.3 is 12.2 Å². The number of hydrogen-bond donors (Lipinski definition) is 1. The van der Waals surface area contributed by atoms with Gasteiger partial charge in [0.2, 0.25) is 0 Å². The van der Waals surface area contributed by atoms with Crippen LogP contribution in [0.15, 0.2) is 0 Å². The highest BCUT2D eigenvalue weighted by Crippen LogP contribution is 2.30. The lowest BCUT2D eigenvalue weighted by atomic mass is 9.84. The van der Waals surface area contributed by atoms with Crippen molar-refractivity contribution >= 4 is 6.03 Å². The number of alkyl halides is 3. The SMILES string of the molecule is CN1CC[C@@H]2[C@@H](CCCN2C(=O)NCCCOCC(F)(F)F)C1.